The topological polar surface area (TPSA) is 6.48 Å². The van der Waals surface area contributed by atoms with Gasteiger partial charge in [-0.1, -0.05) is 130 Å². The Morgan fingerprint density at radius 1 is 0.444 bits per heavy atom. The summed E-state index contributed by atoms with van der Waals surface area (Å²) in [6.07, 6.45) is 13.7. The maximum atomic E-state index is 2.94. The van der Waals surface area contributed by atoms with E-state index in [1.54, 1.807) is 5.54 Å². The molecule has 3 aromatic rings. The van der Waals surface area contributed by atoms with Gasteiger partial charge in [-0.2, -0.15) is 0 Å². The van der Waals surface area contributed by atoms with E-state index in [-0.39, 0.29) is 0 Å². The minimum absolute atomic E-state index is 0.679. The van der Waals surface area contributed by atoms with Gasteiger partial charge >= 0.3 is 0 Å². The zero-order chi connectivity index (χ0) is 24.2. The summed E-state index contributed by atoms with van der Waals surface area (Å²) >= 11 is 0. The second-order valence-electron chi connectivity index (χ2n) is 10.9. The van der Waals surface area contributed by atoms with Crippen molar-refractivity contribution in [1.82, 2.24) is 9.80 Å². The third-order valence-electron chi connectivity index (χ3n) is 8.86. The van der Waals surface area contributed by atoms with Crippen LogP contribution in [-0.2, 0) is 0 Å². The molecule has 6 rings (SSSR count). The number of nitrogens with zero attached hydrogens (tertiary/aromatic N) is 2. The molecule has 0 spiro atoms. The first kappa shape index (κ1) is 24.2. The minimum atomic E-state index is -2.08. The van der Waals surface area contributed by atoms with Crippen LogP contribution in [0.2, 0.25) is 0 Å². The fourth-order valence-corrected chi connectivity index (χ4v) is 11.9. The van der Waals surface area contributed by atoms with Crippen molar-refractivity contribution in [2.75, 3.05) is 13.1 Å². The molecule has 36 heavy (non-hydrogen) atoms. The van der Waals surface area contributed by atoms with Crippen molar-refractivity contribution in [2.24, 2.45) is 0 Å². The van der Waals surface area contributed by atoms with Crippen LogP contribution in [-0.4, -0.2) is 40.5 Å². The molecule has 2 aliphatic carbocycles. The Balaban J connectivity index is 1.70. The first-order chi connectivity index (χ1) is 17.9. The molecule has 0 aromatic heterocycles. The molecule has 2 saturated carbocycles. The van der Waals surface area contributed by atoms with Gasteiger partial charge in [-0.3, -0.25) is 9.80 Å². The highest BCUT2D eigenvalue weighted by Crippen LogP contribution is 2.50. The van der Waals surface area contributed by atoms with Crippen LogP contribution in [0.15, 0.2) is 91.0 Å². The van der Waals surface area contributed by atoms with Crippen LogP contribution >= 0.6 is 6.89 Å². The summed E-state index contributed by atoms with van der Waals surface area (Å²) in [6.45, 7) is 0.293. The standard InChI is InChI=1S/C33H41N2P/c1-6-16-28(17-7-1)34-26-27-35(29-18-8-2-9-19-29)33(34)36(30-20-10-3-11-21-30,31-22-12-4-13-23-31)32-24-14-5-15-25-32/h3-5,10-15,20-25,28-29H,1-2,6-9,16-19,26-27H2. The van der Waals surface area contributed by atoms with E-state index in [0.29, 0.717) is 12.1 Å². The lowest BCUT2D eigenvalue weighted by atomic mass is 9.94. The minimum Gasteiger partial charge on any atom is -0.260 e. The lowest BCUT2D eigenvalue weighted by molar-refractivity contribution is 0.257. The summed E-state index contributed by atoms with van der Waals surface area (Å²) in [7, 11) is 0. The molecule has 3 heteroatoms. The summed E-state index contributed by atoms with van der Waals surface area (Å²) in [4.78, 5) is 5.88. The van der Waals surface area contributed by atoms with Gasteiger partial charge in [-0.15, -0.1) is 0 Å². The highest BCUT2D eigenvalue weighted by Gasteiger charge is 2.43. The summed E-state index contributed by atoms with van der Waals surface area (Å²) in [6, 6.07) is 36.1. The highest BCUT2D eigenvalue weighted by molar-refractivity contribution is 7.95. The van der Waals surface area contributed by atoms with Gasteiger partial charge in [-0.05, 0) is 41.6 Å². The number of hydrogen-bond donors (Lipinski definition) is 0. The van der Waals surface area contributed by atoms with Crippen LogP contribution in [0.4, 0.5) is 0 Å². The van der Waals surface area contributed by atoms with Crippen molar-refractivity contribution in [3.8, 4) is 0 Å². The van der Waals surface area contributed by atoms with E-state index < -0.39 is 6.89 Å². The average molecular weight is 497 g/mol. The third kappa shape index (κ3) is 4.43. The molecule has 0 atom stereocenters. The van der Waals surface area contributed by atoms with Crippen molar-refractivity contribution in [3.05, 3.63) is 91.0 Å². The largest absolute Gasteiger partial charge is 0.260 e. The van der Waals surface area contributed by atoms with Crippen LogP contribution in [0.25, 0.3) is 0 Å². The predicted octanol–water partition coefficient (Wildman–Crippen LogP) is 6.35. The molecule has 0 bridgehead atoms. The van der Waals surface area contributed by atoms with Gasteiger partial charge in [0.15, 0.2) is 0 Å². The Hall–Kier alpha value is -2.12. The van der Waals surface area contributed by atoms with Crippen LogP contribution in [0.3, 0.4) is 0 Å². The van der Waals surface area contributed by atoms with E-state index in [1.165, 1.54) is 93.2 Å². The Morgan fingerprint density at radius 2 is 0.778 bits per heavy atom. The van der Waals surface area contributed by atoms with Crippen LogP contribution in [0.5, 0.6) is 0 Å². The highest BCUT2D eigenvalue weighted by atomic mass is 31.2. The Bertz CT molecular complexity index is 1030. The Labute approximate surface area is 218 Å². The lowest BCUT2D eigenvalue weighted by Gasteiger charge is -2.43. The van der Waals surface area contributed by atoms with E-state index in [2.05, 4.69) is 101 Å². The van der Waals surface area contributed by atoms with E-state index >= 15 is 0 Å². The van der Waals surface area contributed by atoms with Crippen LogP contribution in [0.1, 0.15) is 64.2 Å². The molecule has 0 amide bonds. The average Bonchev–Trinajstić information content (AvgIpc) is 3.42. The summed E-state index contributed by atoms with van der Waals surface area (Å²) in [5.41, 5.74) is 1.67. The molecular formula is C33H41N2P. The monoisotopic (exact) mass is 496 g/mol. The zero-order valence-electron chi connectivity index (χ0n) is 21.6. The van der Waals surface area contributed by atoms with E-state index in [9.17, 15) is 0 Å². The van der Waals surface area contributed by atoms with E-state index in [1.807, 2.05) is 0 Å². The molecule has 3 fully saturated rings. The van der Waals surface area contributed by atoms with Crippen molar-refractivity contribution in [2.45, 2.75) is 76.3 Å². The number of benzene rings is 3. The van der Waals surface area contributed by atoms with Gasteiger partial charge in [-0.25, -0.2) is 0 Å². The van der Waals surface area contributed by atoms with Gasteiger partial charge in [0.25, 0.3) is 0 Å². The normalized spacial score (nSPS) is 21.2. The van der Waals surface area contributed by atoms with E-state index in [0.717, 1.165) is 0 Å². The summed E-state index contributed by atoms with van der Waals surface area (Å²) in [5, 5.41) is 4.50. The molecule has 0 radical (unpaired) electrons. The second kappa shape index (κ2) is 11.1. The van der Waals surface area contributed by atoms with Crippen LogP contribution in [0, 0.1) is 0 Å². The van der Waals surface area contributed by atoms with Gasteiger partial charge in [0.2, 0.25) is 0 Å². The van der Waals surface area contributed by atoms with Crippen LogP contribution < -0.4 is 15.9 Å². The van der Waals surface area contributed by atoms with Crippen molar-refractivity contribution < 1.29 is 0 Å². The second-order valence-corrected chi connectivity index (χ2v) is 14.2. The van der Waals surface area contributed by atoms with Gasteiger partial charge in [0.05, 0.1) is 5.54 Å². The van der Waals surface area contributed by atoms with Crippen molar-refractivity contribution >= 4 is 28.3 Å². The first-order valence-electron chi connectivity index (χ1n) is 14.4. The molecule has 2 nitrogen and oxygen atoms in total. The zero-order valence-corrected chi connectivity index (χ0v) is 22.5. The van der Waals surface area contributed by atoms with Gasteiger partial charge < -0.3 is 0 Å². The SMILES string of the molecule is c1ccc(P(=C2N(C3CCCCC3)CCN2C2CCCCC2)(c2ccccc2)c2ccccc2)cc1. The molecule has 3 aliphatic rings. The molecule has 1 aliphatic heterocycles. The number of rotatable bonds is 5. The van der Waals surface area contributed by atoms with E-state index in [4.69, 9.17) is 0 Å². The molecule has 1 heterocycles. The third-order valence-corrected chi connectivity index (χ3v) is 13.2. The molecule has 188 valence electrons. The van der Waals surface area contributed by atoms with Crippen molar-refractivity contribution in [1.29, 1.82) is 0 Å². The molecule has 0 N–H and O–H groups in total. The maximum absolute atomic E-state index is 2.94. The van der Waals surface area contributed by atoms with Crippen molar-refractivity contribution in [3.63, 3.8) is 0 Å². The van der Waals surface area contributed by atoms with Gasteiger partial charge in [0.1, 0.15) is 0 Å². The number of hydrogen-bond acceptors (Lipinski definition) is 0. The smallest absolute Gasteiger partial charge is 0.0721 e. The fourth-order valence-electron chi connectivity index (χ4n) is 7.19. The molecule has 3 aromatic carbocycles. The predicted molar refractivity (Wildman–Crippen MR) is 157 cm³/mol. The Kier molecular flexibility index (Phi) is 7.47. The summed E-state index contributed by atoms with van der Waals surface area (Å²) in [5.74, 6) is 0. The van der Waals surface area contributed by atoms with Gasteiger partial charge in [0, 0.05) is 32.1 Å². The molecule has 1 saturated heterocycles. The quantitative estimate of drug-likeness (QED) is 0.380. The maximum Gasteiger partial charge on any atom is 0.0721 e. The fraction of sp³-hybridized carbons (Fsp3) is 0.424. The molecular weight excluding hydrogens is 455 g/mol. The molecule has 0 unspecified atom stereocenters. The Morgan fingerprint density at radius 3 is 1.11 bits per heavy atom. The lowest BCUT2D eigenvalue weighted by Crippen LogP contribution is -2.49. The first-order valence-corrected chi connectivity index (χ1v) is 16.1. The summed E-state index contributed by atoms with van der Waals surface area (Å²) < 4.78 is 0.